The molecular formula is C14H19IN2O. The second-order valence-corrected chi connectivity index (χ2v) is 6.03. The molecule has 0 radical (unpaired) electrons. The quantitative estimate of drug-likeness (QED) is 0.799. The van der Waals surface area contributed by atoms with Gasteiger partial charge in [-0.3, -0.25) is 0 Å². The maximum absolute atomic E-state index is 11.7. The molecule has 3 nitrogen and oxygen atoms in total. The summed E-state index contributed by atoms with van der Waals surface area (Å²) < 4.78 is 1.21. The fourth-order valence-corrected chi connectivity index (χ4v) is 2.63. The molecule has 0 spiro atoms. The lowest BCUT2D eigenvalue weighted by Gasteiger charge is -2.22. The molecule has 0 unspecified atom stereocenters. The molecule has 0 atom stereocenters. The lowest BCUT2D eigenvalue weighted by Crippen LogP contribution is -2.42. The Kier molecular flexibility index (Phi) is 5.28. The summed E-state index contributed by atoms with van der Waals surface area (Å²) in [5, 5.41) is 5.96. The van der Waals surface area contributed by atoms with Crippen LogP contribution in [0.15, 0.2) is 24.3 Å². The SMILES string of the molecule is O=C(NCc1ccc(I)cc1)NC1CCCCC1. The first-order valence-electron chi connectivity index (χ1n) is 6.53. The summed E-state index contributed by atoms with van der Waals surface area (Å²) in [6.07, 6.45) is 6.03. The van der Waals surface area contributed by atoms with Gasteiger partial charge in [0.1, 0.15) is 0 Å². The maximum atomic E-state index is 11.7. The highest BCUT2D eigenvalue weighted by atomic mass is 127. The van der Waals surface area contributed by atoms with Crippen molar-refractivity contribution in [3.63, 3.8) is 0 Å². The van der Waals surface area contributed by atoms with Crippen LogP contribution in [0.5, 0.6) is 0 Å². The molecule has 2 rings (SSSR count). The molecule has 0 saturated heterocycles. The van der Waals surface area contributed by atoms with Gasteiger partial charge in [-0.15, -0.1) is 0 Å². The molecule has 1 saturated carbocycles. The second kappa shape index (κ2) is 6.97. The normalized spacial score (nSPS) is 16.3. The lowest BCUT2D eigenvalue weighted by atomic mass is 9.96. The minimum atomic E-state index is -0.0413. The van der Waals surface area contributed by atoms with Gasteiger partial charge in [-0.1, -0.05) is 31.4 Å². The molecule has 1 aliphatic carbocycles. The van der Waals surface area contributed by atoms with Crippen molar-refractivity contribution >= 4 is 28.6 Å². The van der Waals surface area contributed by atoms with Gasteiger partial charge < -0.3 is 10.6 Å². The molecule has 0 aromatic heterocycles. The number of halogens is 1. The molecular weight excluding hydrogens is 339 g/mol. The summed E-state index contributed by atoms with van der Waals surface area (Å²) in [6, 6.07) is 8.52. The minimum Gasteiger partial charge on any atom is -0.335 e. The molecule has 0 heterocycles. The Morgan fingerprint density at radius 2 is 1.83 bits per heavy atom. The van der Waals surface area contributed by atoms with Crippen molar-refractivity contribution in [1.82, 2.24) is 10.6 Å². The van der Waals surface area contributed by atoms with Gasteiger partial charge in [-0.25, -0.2) is 4.79 Å². The molecule has 18 heavy (non-hydrogen) atoms. The van der Waals surface area contributed by atoms with E-state index in [1.165, 1.54) is 22.8 Å². The zero-order valence-electron chi connectivity index (χ0n) is 10.4. The highest BCUT2D eigenvalue weighted by Gasteiger charge is 2.15. The van der Waals surface area contributed by atoms with Crippen LogP contribution in [-0.4, -0.2) is 12.1 Å². The van der Waals surface area contributed by atoms with Crippen molar-refractivity contribution in [2.24, 2.45) is 0 Å². The number of carbonyl (C=O) groups excluding carboxylic acids is 1. The molecule has 1 aliphatic rings. The van der Waals surface area contributed by atoms with Gasteiger partial charge in [0.15, 0.2) is 0 Å². The smallest absolute Gasteiger partial charge is 0.315 e. The highest BCUT2D eigenvalue weighted by Crippen LogP contribution is 2.17. The van der Waals surface area contributed by atoms with Crippen LogP contribution in [0, 0.1) is 3.57 Å². The summed E-state index contributed by atoms with van der Waals surface area (Å²) in [6.45, 7) is 0.593. The van der Waals surface area contributed by atoms with E-state index in [1.54, 1.807) is 0 Å². The van der Waals surface area contributed by atoms with Crippen LogP contribution >= 0.6 is 22.6 Å². The standard InChI is InChI=1S/C14H19IN2O/c15-12-8-6-11(7-9-12)10-16-14(18)17-13-4-2-1-3-5-13/h6-9,13H,1-5,10H2,(H2,16,17,18). The third-order valence-corrected chi connectivity index (χ3v) is 4.03. The van der Waals surface area contributed by atoms with E-state index in [2.05, 4.69) is 45.4 Å². The highest BCUT2D eigenvalue weighted by molar-refractivity contribution is 14.1. The Morgan fingerprint density at radius 1 is 1.17 bits per heavy atom. The summed E-state index contributed by atoms with van der Waals surface area (Å²) in [7, 11) is 0. The number of nitrogens with one attached hydrogen (secondary N) is 2. The minimum absolute atomic E-state index is 0.0413. The number of urea groups is 1. The third kappa shape index (κ3) is 4.48. The van der Waals surface area contributed by atoms with Gasteiger partial charge in [-0.2, -0.15) is 0 Å². The van der Waals surface area contributed by atoms with E-state index in [1.807, 2.05) is 12.1 Å². The monoisotopic (exact) mass is 358 g/mol. The van der Waals surface area contributed by atoms with Crippen molar-refractivity contribution in [1.29, 1.82) is 0 Å². The Morgan fingerprint density at radius 3 is 2.50 bits per heavy atom. The van der Waals surface area contributed by atoms with Crippen LogP contribution in [0.4, 0.5) is 4.79 Å². The molecule has 4 heteroatoms. The third-order valence-electron chi connectivity index (χ3n) is 3.31. The van der Waals surface area contributed by atoms with Crippen LogP contribution in [0.1, 0.15) is 37.7 Å². The number of rotatable bonds is 3. The predicted octanol–water partition coefficient (Wildman–Crippen LogP) is 3.42. The van der Waals surface area contributed by atoms with E-state index in [0.29, 0.717) is 12.6 Å². The van der Waals surface area contributed by atoms with Crippen LogP contribution in [-0.2, 0) is 6.54 Å². The van der Waals surface area contributed by atoms with Crippen molar-refractivity contribution < 1.29 is 4.79 Å². The van der Waals surface area contributed by atoms with Crippen molar-refractivity contribution in [2.45, 2.75) is 44.7 Å². The summed E-state index contributed by atoms with van der Waals surface area (Å²) >= 11 is 2.28. The number of hydrogen-bond donors (Lipinski definition) is 2. The molecule has 1 fully saturated rings. The zero-order chi connectivity index (χ0) is 12.8. The molecule has 0 aliphatic heterocycles. The summed E-state index contributed by atoms with van der Waals surface area (Å²) in [5.41, 5.74) is 1.13. The Labute approximate surface area is 122 Å². The molecule has 2 N–H and O–H groups in total. The summed E-state index contributed by atoms with van der Waals surface area (Å²) in [5.74, 6) is 0. The average Bonchev–Trinajstić information content (AvgIpc) is 2.39. The van der Waals surface area contributed by atoms with Crippen molar-refractivity contribution in [2.75, 3.05) is 0 Å². The lowest BCUT2D eigenvalue weighted by molar-refractivity contribution is 0.232. The van der Waals surface area contributed by atoms with E-state index in [9.17, 15) is 4.79 Å². The Balaban J connectivity index is 1.72. The van der Waals surface area contributed by atoms with Gasteiger partial charge in [0.25, 0.3) is 0 Å². The van der Waals surface area contributed by atoms with E-state index in [0.717, 1.165) is 18.4 Å². The molecule has 98 valence electrons. The van der Waals surface area contributed by atoms with Gasteiger partial charge in [0.05, 0.1) is 0 Å². The van der Waals surface area contributed by atoms with Crippen LogP contribution in [0.25, 0.3) is 0 Å². The Hall–Kier alpha value is -0.780. The number of benzene rings is 1. The van der Waals surface area contributed by atoms with E-state index >= 15 is 0 Å². The van der Waals surface area contributed by atoms with Gasteiger partial charge in [-0.05, 0) is 53.1 Å². The fraction of sp³-hybridized carbons (Fsp3) is 0.500. The van der Waals surface area contributed by atoms with Gasteiger partial charge >= 0.3 is 6.03 Å². The first-order valence-corrected chi connectivity index (χ1v) is 7.61. The molecule has 2 amide bonds. The Bertz CT molecular complexity index is 385. The van der Waals surface area contributed by atoms with Gasteiger partial charge in [0, 0.05) is 16.2 Å². The van der Waals surface area contributed by atoms with Crippen molar-refractivity contribution in [3.8, 4) is 0 Å². The van der Waals surface area contributed by atoms with Crippen LogP contribution in [0.2, 0.25) is 0 Å². The number of hydrogen-bond acceptors (Lipinski definition) is 1. The fourth-order valence-electron chi connectivity index (χ4n) is 2.27. The van der Waals surface area contributed by atoms with E-state index in [4.69, 9.17) is 0 Å². The van der Waals surface area contributed by atoms with Crippen molar-refractivity contribution in [3.05, 3.63) is 33.4 Å². The number of carbonyl (C=O) groups is 1. The topological polar surface area (TPSA) is 41.1 Å². The zero-order valence-corrected chi connectivity index (χ0v) is 12.6. The number of amides is 2. The van der Waals surface area contributed by atoms with Gasteiger partial charge in [0.2, 0.25) is 0 Å². The summed E-state index contributed by atoms with van der Waals surface area (Å²) in [4.78, 5) is 11.7. The largest absolute Gasteiger partial charge is 0.335 e. The maximum Gasteiger partial charge on any atom is 0.315 e. The van der Waals surface area contributed by atoms with E-state index in [-0.39, 0.29) is 6.03 Å². The average molecular weight is 358 g/mol. The van der Waals surface area contributed by atoms with Crippen LogP contribution < -0.4 is 10.6 Å². The van der Waals surface area contributed by atoms with E-state index < -0.39 is 0 Å². The first kappa shape index (κ1) is 13.6. The first-order chi connectivity index (χ1) is 8.74. The molecule has 0 bridgehead atoms. The predicted molar refractivity (Wildman–Crippen MR) is 81.4 cm³/mol. The molecule has 1 aromatic carbocycles. The van der Waals surface area contributed by atoms with Crippen LogP contribution in [0.3, 0.4) is 0 Å². The molecule has 1 aromatic rings. The second-order valence-electron chi connectivity index (χ2n) is 4.79.